The number of hydrogen-bond donors (Lipinski definition) is 0. The van der Waals surface area contributed by atoms with E-state index in [-0.39, 0.29) is 11.6 Å². The van der Waals surface area contributed by atoms with Crippen molar-refractivity contribution in [1.82, 2.24) is 0 Å². The Kier molecular flexibility index (Phi) is 4.17. The molecule has 0 spiro atoms. The van der Waals surface area contributed by atoms with Crippen LogP contribution in [0.25, 0.3) is 32.7 Å². The smallest absolute Gasteiger partial charge is 0.193 e. The SMILES string of the molecule is COc1ccc2c(c1)oc1cc(C(=O)c3ccc(F)cc3)c3cc(OC)ccc3c12. The Morgan fingerprint density at radius 3 is 2.13 bits per heavy atom. The average Bonchev–Trinajstić information content (AvgIpc) is 3.15. The summed E-state index contributed by atoms with van der Waals surface area (Å²) in [6.07, 6.45) is 0. The number of hydrogen-bond acceptors (Lipinski definition) is 4. The van der Waals surface area contributed by atoms with Crippen LogP contribution in [0.1, 0.15) is 15.9 Å². The Morgan fingerprint density at radius 1 is 0.767 bits per heavy atom. The molecule has 0 saturated carbocycles. The molecule has 0 bridgehead atoms. The lowest BCUT2D eigenvalue weighted by Gasteiger charge is -2.09. The molecule has 0 fully saturated rings. The Labute approximate surface area is 171 Å². The second-order valence-electron chi connectivity index (χ2n) is 7.01. The molecule has 0 aliphatic carbocycles. The van der Waals surface area contributed by atoms with Crippen LogP contribution in [0.15, 0.2) is 71.1 Å². The third-order valence-electron chi connectivity index (χ3n) is 5.34. The van der Waals surface area contributed by atoms with Gasteiger partial charge in [0.1, 0.15) is 28.5 Å². The molecular formula is C25H17FO4. The molecule has 5 rings (SSSR count). The number of carbonyl (C=O) groups is 1. The van der Waals surface area contributed by atoms with Crippen molar-refractivity contribution in [2.24, 2.45) is 0 Å². The van der Waals surface area contributed by atoms with Crippen molar-refractivity contribution < 1.29 is 23.1 Å². The summed E-state index contributed by atoms with van der Waals surface area (Å²) < 4.78 is 30.1. The van der Waals surface area contributed by atoms with Crippen molar-refractivity contribution in [2.45, 2.75) is 0 Å². The average molecular weight is 400 g/mol. The summed E-state index contributed by atoms with van der Waals surface area (Å²) in [4.78, 5) is 13.3. The molecule has 30 heavy (non-hydrogen) atoms. The number of halogens is 1. The number of ketones is 1. The zero-order valence-corrected chi connectivity index (χ0v) is 16.4. The molecule has 0 radical (unpaired) electrons. The zero-order chi connectivity index (χ0) is 20.8. The fraction of sp³-hybridized carbons (Fsp3) is 0.0800. The van der Waals surface area contributed by atoms with Crippen LogP contribution in [0.3, 0.4) is 0 Å². The lowest BCUT2D eigenvalue weighted by molar-refractivity contribution is 0.104. The van der Waals surface area contributed by atoms with Crippen molar-refractivity contribution in [3.05, 3.63) is 83.7 Å². The van der Waals surface area contributed by atoms with Gasteiger partial charge in [0.2, 0.25) is 0 Å². The van der Waals surface area contributed by atoms with Crippen LogP contribution >= 0.6 is 0 Å². The number of carbonyl (C=O) groups excluding carboxylic acids is 1. The molecule has 5 heteroatoms. The molecule has 1 aromatic heterocycles. The molecule has 0 atom stereocenters. The zero-order valence-electron chi connectivity index (χ0n) is 16.4. The van der Waals surface area contributed by atoms with Crippen LogP contribution in [0, 0.1) is 5.82 Å². The van der Waals surface area contributed by atoms with E-state index in [0.717, 1.165) is 21.5 Å². The molecule has 0 unspecified atom stereocenters. The first kappa shape index (κ1) is 18.2. The highest BCUT2D eigenvalue weighted by molar-refractivity contribution is 6.26. The van der Waals surface area contributed by atoms with Gasteiger partial charge in [-0.3, -0.25) is 4.79 Å². The maximum atomic E-state index is 13.3. The predicted molar refractivity (Wildman–Crippen MR) is 114 cm³/mol. The topological polar surface area (TPSA) is 48.7 Å². The number of fused-ring (bicyclic) bond motifs is 5. The summed E-state index contributed by atoms with van der Waals surface area (Å²) in [5, 5.41) is 3.47. The van der Waals surface area contributed by atoms with Gasteiger partial charge < -0.3 is 13.9 Å². The summed E-state index contributed by atoms with van der Waals surface area (Å²) in [6, 6.07) is 18.6. The van der Waals surface area contributed by atoms with Crippen molar-refractivity contribution in [1.29, 1.82) is 0 Å². The molecule has 4 nitrogen and oxygen atoms in total. The number of methoxy groups -OCH3 is 2. The van der Waals surface area contributed by atoms with E-state index in [1.165, 1.54) is 24.3 Å². The second kappa shape index (κ2) is 6.88. The Morgan fingerprint density at radius 2 is 1.43 bits per heavy atom. The molecule has 0 aliphatic rings. The van der Waals surface area contributed by atoms with Crippen LogP contribution in [-0.2, 0) is 0 Å². The minimum Gasteiger partial charge on any atom is -0.497 e. The van der Waals surface area contributed by atoms with Gasteiger partial charge in [-0.05, 0) is 71.4 Å². The highest BCUT2D eigenvalue weighted by atomic mass is 19.1. The maximum absolute atomic E-state index is 13.3. The largest absolute Gasteiger partial charge is 0.497 e. The lowest BCUT2D eigenvalue weighted by Crippen LogP contribution is -2.02. The highest BCUT2D eigenvalue weighted by Crippen LogP contribution is 2.39. The third-order valence-corrected chi connectivity index (χ3v) is 5.34. The van der Waals surface area contributed by atoms with Gasteiger partial charge in [0.25, 0.3) is 0 Å². The molecule has 1 heterocycles. The van der Waals surface area contributed by atoms with E-state index in [9.17, 15) is 9.18 Å². The molecule has 5 aromatic rings. The van der Waals surface area contributed by atoms with E-state index in [1.807, 2.05) is 36.4 Å². The van der Waals surface area contributed by atoms with Crippen molar-refractivity contribution in [3.63, 3.8) is 0 Å². The normalized spacial score (nSPS) is 11.3. The van der Waals surface area contributed by atoms with E-state index < -0.39 is 0 Å². The van der Waals surface area contributed by atoms with Gasteiger partial charge in [-0.15, -0.1) is 0 Å². The van der Waals surface area contributed by atoms with E-state index >= 15 is 0 Å². The number of furan rings is 1. The molecule has 0 aliphatic heterocycles. The minimum atomic E-state index is -0.389. The summed E-state index contributed by atoms with van der Waals surface area (Å²) in [5.41, 5.74) is 2.14. The fourth-order valence-electron chi connectivity index (χ4n) is 3.85. The Bertz CT molecular complexity index is 1430. The standard InChI is InChI=1S/C25H17FO4/c1-28-16-7-9-18-20(11-16)21(25(27)14-3-5-15(26)6-4-14)13-23-24(18)19-10-8-17(29-2)12-22(19)30-23/h3-13H,1-2H3. The van der Waals surface area contributed by atoms with Gasteiger partial charge in [0.15, 0.2) is 5.78 Å². The first-order valence-electron chi connectivity index (χ1n) is 9.40. The maximum Gasteiger partial charge on any atom is 0.193 e. The van der Waals surface area contributed by atoms with Crippen LogP contribution in [0.5, 0.6) is 11.5 Å². The first-order valence-corrected chi connectivity index (χ1v) is 9.40. The highest BCUT2D eigenvalue weighted by Gasteiger charge is 2.19. The van der Waals surface area contributed by atoms with E-state index in [4.69, 9.17) is 13.9 Å². The van der Waals surface area contributed by atoms with Crippen LogP contribution < -0.4 is 9.47 Å². The quantitative estimate of drug-likeness (QED) is 0.341. The molecule has 0 amide bonds. The van der Waals surface area contributed by atoms with Gasteiger partial charge in [-0.2, -0.15) is 0 Å². The summed E-state index contributed by atoms with van der Waals surface area (Å²) in [5.74, 6) is 0.729. The number of benzene rings is 4. The second-order valence-corrected chi connectivity index (χ2v) is 7.01. The lowest BCUT2D eigenvalue weighted by atomic mass is 9.94. The molecule has 148 valence electrons. The number of rotatable bonds is 4. The van der Waals surface area contributed by atoms with Crippen molar-refractivity contribution >= 4 is 38.5 Å². The van der Waals surface area contributed by atoms with Gasteiger partial charge in [0, 0.05) is 28.0 Å². The molecule has 0 N–H and O–H groups in total. The van der Waals surface area contributed by atoms with Gasteiger partial charge >= 0.3 is 0 Å². The summed E-state index contributed by atoms with van der Waals surface area (Å²) in [7, 11) is 3.19. The van der Waals surface area contributed by atoms with Crippen molar-refractivity contribution in [2.75, 3.05) is 14.2 Å². The minimum absolute atomic E-state index is 0.215. The summed E-state index contributed by atoms with van der Waals surface area (Å²) >= 11 is 0. The monoisotopic (exact) mass is 400 g/mol. The number of ether oxygens (including phenoxy) is 2. The van der Waals surface area contributed by atoms with E-state index in [1.54, 1.807) is 20.3 Å². The fourth-order valence-corrected chi connectivity index (χ4v) is 3.85. The van der Waals surface area contributed by atoms with Gasteiger partial charge in [-0.1, -0.05) is 0 Å². The molecule has 0 saturated heterocycles. The molecular weight excluding hydrogens is 383 g/mol. The third kappa shape index (κ3) is 2.78. The summed E-state index contributed by atoms with van der Waals surface area (Å²) in [6.45, 7) is 0. The predicted octanol–water partition coefficient (Wildman–Crippen LogP) is 6.13. The van der Waals surface area contributed by atoms with Crippen LogP contribution in [0.4, 0.5) is 4.39 Å². The van der Waals surface area contributed by atoms with E-state index in [2.05, 4.69) is 0 Å². The molecule has 4 aromatic carbocycles. The van der Waals surface area contributed by atoms with Crippen LogP contribution in [-0.4, -0.2) is 20.0 Å². The van der Waals surface area contributed by atoms with Crippen LogP contribution in [0.2, 0.25) is 0 Å². The van der Waals surface area contributed by atoms with Crippen molar-refractivity contribution in [3.8, 4) is 11.5 Å². The Hall–Kier alpha value is -3.86. The van der Waals surface area contributed by atoms with Gasteiger partial charge in [0.05, 0.1) is 14.2 Å². The Balaban J connectivity index is 1.85. The first-order chi connectivity index (χ1) is 14.6. The van der Waals surface area contributed by atoms with E-state index in [0.29, 0.717) is 33.8 Å². The van der Waals surface area contributed by atoms with Gasteiger partial charge in [-0.25, -0.2) is 4.39 Å².